The number of rotatable bonds is 1. The zero-order chi connectivity index (χ0) is 9.19. The molecule has 1 fully saturated rings. The van der Waals surface area contributed by atoms with Crippen molar-refractivity contribution in [1.29, 1.82) is 0 Å². The van der Waals surface area contributed by atoms with Crippen LogP contribution < -0.4 is 10.6 Å². The smallest absolute Gasteiger partial charge is 0.344 e. The first-order chi connectivity index (χ1) is 5.50. The molecule has 0 aromatic rings. The second kappa shape index (κ2) is 4.66. The maximum Gasteiger partial charge on any atom is 0.471 e. The van der Waals surface area contributed by atoms with Crippen LogP contribution in [0.25, 0.3) is 0 Å². The zero-order valence-corrected chi connectivity index (χ0v) is 7.47. The number of amides is 1. The lowest BCUT2D eigenvalue weighted by Gasteiger charge is -2.12. The van der Waals surface area contributed by atoms with Crippen molar-refractivity contribution in [2.45, 2.75) is 18.6 Å². The molecule has 1 aliphatic rings. The fourth-order valence-electron chi connectivity index (χ4n) is 1.05. The highest BCUT2D eigenvalue weighted by molar-refractivity contribution is 5.85. The van der Waals surface area contributed by atoms with E-state index in [1.807, 2.05) is 5.32 Å². The lowest BCUT2D eigenvalue weighted by molar-refractivity contribution is -0.174. The highest BCUT2D eigenvalue weighted by Gasteiger charge is 2.39. The third-order valence-corrected chi connectivity index (χ3v) is 1.65. The number of carbonyl (C=O) groups excluding carboxylic acids is 1. The fraction of sp³-hybridized carbons (Fsp3) is 0.833. The van der Waals surface area contributed by atoms with Crippen molar-refractivity contribution in [3.05, 3.63) is 0 Å². The fourth-order valence-corrected chi connectivity index (χ4v) is 1.05. The first kappa shape index (κ1) is 12.5. The number of carbonyl (C=O) groups is 1. The molecule has 1 atom stereocenters. The lowest BCUT2D eigenvalue weighted by atomic mass is 10.2. The Hall–Kier alpha value is -0.490. The Balaban J connectivity index is 0.00000144. The van der Waals surface area contributed by atoms with Gasteiger partial charge in [0, 0.05) is 12.6 Å². The van der Waals surface area contributed by atoms with Crippen molar-refractivity contribution in [2.75, 3.05) is 13.1 Å². The Morgan fingerprint density at radius 3 is 2.46 bits per heavy atom. The van der Waals surface area contributed by atoms with Crippen molar-refractivity contribution in [2.24, 2.45) is 0 Å². The van der Waals surface area contributed by atoms with E-state index in [1.54, 1.807) is 0 Å². The molecule has 0 unspecified atom stereocenters. The van der Waals surface area contributed by atoms with Gasteiger partial charge in [0.1, 0.15) is 0 Å². The number of halogens is 4. The molecule has 0 radical (unpaired) electrons. The third kappa shape index (κ3) is 3.82. The highest BCUT2D eigenvalue weighted by Crippen LogP contribution is 2.15. The van der Waals surface area contributed by atoms with E-state index < -0.39 is 12.1 Å². The Labute approximate surface area is 79.5 Å². The largest absolute Gasteiger partial charge is 0.471 e. The minimum absolute atomic E-state index is 0. The van der Waals surface area contributed by atoms with Crippen LogP contribution in [0.4, 0.5) is 13.2 Å². The third-order valence-electron chi connectivity index (χ3n) is 1.65. The van der Waals surface area contributed by atoms with Crippen LogP contribution in [-0.4, -0.2) is 31.2 Å². The van der Waals surface area contributed by atoms with E-state index in [0.29, 0.717) is 19.5 Å². The van der Waals surface area contributed by atoms with Gasteiger partial charge in [-0.3, -0.25) is 4.79 Å². The molecule has 0 saturated carbocycles. The van der Waals surface area contributed by atoms with Crippen LogP contribution in [0.3, 0.4) is 0 Å². The normalized spacial score (nSPS) is 22.2. The van der Waals surface area contributed by atoms with Crippen molar-refractivity contribution >= 4 is 18.3 Å². The van der Waals surface area contributed by atoms with Gasteiger partial charge in [0.15, 0.2) is 0 Å². The number of alkyl halides is 3. The second-order valence-electron chi connectivity index (χ2n) is 2.66. The van der Waals surface area contributed by atoms with Gasteiger partial charge in [-0.1, -0.05) is 0 Å². The van der Waals surface area contributed by atoms with E-state index in [2.05, 4.69) is 5.32 Å². The Bertz CT molecular complexity index is 179. The summed E-state index contributed by atoms with van der Waals surface area (Å²) in [4.78, 5) is 10.4. The van der Waals surface area contributed by atoms with Gasteiger partial charge in [0.05, 0.1) is 0 Å². The van der Waals surface area contributed by atoms with Gasteiger partial charge in [-0.2, -0.15) is 13.2 Å². The number of nitrogens with one attached hydrogen (secondary N) is 2. The number of hydrogen-bond donors (Lipinski definition) is 2. The Morgan fingerprint density at radius 1 is 1.46 bits per heavy atom. The number of hydrogen-bond acceptors (Lipinski definition) is 2. The first-order valence-electron chi connectivity index (χ1n) is 3.58. The standard InChI is InChI=1S/C6H9F3N2O.ClH/c7-6(8,9)5(12)11-4-1-2-10-3-4;/h4,10H,1-3H2,(H,11,12);1H/t4-;/m0./s1. The van der Waals surface area contributed by atoms with Gasteiger partial charge in [-0.25, -0.2) is 0 Å². The van der Waals surface area contributed by atoms with E-state index >= 15 is 0 Å². The SMILES string of the molecule is Cl.O=C(N[C@H]1CCNC1)C(F)(F)F. The summed E-state index contributed by atoms with van der Waals surface area (Å²) < 4.78 is 35.0. The molecule has 1 saturated heterocycles. The van der Waals surface area contributed by atoms with Gasteiger partial charge in [0.2, 0.25) is 0 Å². The van der Waals surface area contributed by atoms with Gasteiger partial charge >= 0.3 is 12.1 Å². The molecule has 7 heteroatoms. The monoisotopic (exact) mass is 218 g/mol. The topological polar surface area (TPSA) is 41.1 Å². The molecular weight excluding hydrogens is 209 g/mol. The van der Waals surface area contributed by atoms with E-state index in [4.69, 9.17) is 0 Å². The molecule has 0 bridgehead atoms. The predicted molar refractivity (Wildman–Crippen MR) is 42.7 cm³/mol. The summed E-state index contributed by atoms with van der Waals surface area (Å²) in [5.74, 6) is -1.85. The molecule has 0 aromatic carbocycles. The molecule has 2 N–H and O–H groups in total. The molecule has 1 rings (SSSR count). The molecule has 13 heavy (non-hydrogen) atoms. The Kier molecular flexibility index (Phi) is 4.49. The van der Waals surface area contributed by atoms with Crippen LogP contribution in [0, 0.1) is 0 Å². The van der Waals surface area contributed by atoms with Crippen molar-refractivity contribution < 1.29 is 18.0 Å². The van der Waals surface area contributed by atoms with Crippen LogP contribution in [0.5, 0.6) is 0 Å². The van der Waals surface area contributed by atoms with Crippen molar-refractivity contribution in [3.8, 4) is 0 Å². The highest BCUT2D eigenvalue weighted by atomic mass is 35.5. The van der Waals surface area contributed by atoms with Crippen molar-refractivity contribution in [3.63, 3.8) is 0 Å². The lowest BCUT2D eigenvalue weighted by Crippen LogP contribution is -2.43. The minimum Gasteiger partial charge on any atom is -0.344 e. The van der Waals surface area contributed by atoms with Gasteiger partial charge in [-0.15, -0.1) is 12.4 Å². The maximum atomic E-state index is 11.7. The zero-order valence-electron chi connectivity index (χ0n) is 6.65. The summed E-state index contributed by atoms with van der Waals surface area (Å²) in [6, 6.07) is -0.376. The van der Waals surface area contributed by atoms with E-state index in [-0.39, 0.29) is 18.4 Å². The van der Waals surface area contributed by atoms with Crippen LogP contribution >= 0.6 is 12.4 Å². The summed E-state index contributed by atoms with van der Waals surface area (Å²) in [5, 5.41) is 4.74. The predicted octanol–water partition coefficient (Wildman–Crippen LogP) is 0.449. The van der Waals surface area contributed by atoms with Crippen molar-refractivity contribution in [1.82, 2.24) is 10.6 Å². The van der Waals surface area contributed by atoms with Gasteiger partial charge in [-0.05, 0) is 13.0 Å². The molecule has 0 aromatic heterocycles. The maximum absolute atomic E-state index is 11.7. The summed E-state index contributed by atoms with van der Waals surface area (Å²) in [6.45, 7) is 1.07. The summed E-state index contributed by atoms with van der Waals surface area (Å²) in [5.41, 5.74) is 0. The molecule has 1 heterocycles. The van der Waals surface area contributed by atoms with Gasteiger partial charge in [0.25, 0.3) is 0 Å². The molecule has 1 amide bonds. The molecule has 3 nitrogen and oxygen atoms in total. The van der Waals surface area contributed by atoms with Crippen LogP contribution in [-0.2, 0) is 4.79 Å². The average Bonchev–Trinajstić information content (AvgIpc) is 2.37. The van der Waals surface area contributed by atoms with Crippen LogP contribution in [0.2, 0.25) is 0 Å². The molecular formula is C6H10ClF3N2O. The molecule has 0 aliphatic carbocycles. The summed E-state index contributed by atoms with van der Waals surface area (Å²) in [6.07, 6.45) is -4.20. The first-order valence-corrected chi connectivity index (χ1v) is 3.58. The minimum atomic E-state index is -4.76. The average molecular weight is 219 g/mol. The Morgan fingerprint density at radius 2 is 2.08 bits per heavy atom. The van der Waals surface area contributed by atoms with Crippen LogP contribution in [0.15, 0.2) is 0 Å². The van der Waals surface area contributed by atoms with E-state index in [9.17, 15) is 18.0 Å². The van der Waals surface area contributed by atoms with Crippen LogP contribution in [0.1, 0.15) is 6.42 Å². The van der Waals surface area contributed by atoms with Gasteiger partial charge < -0.3 is 10.6 Å². The summed E-state index contributed by atoms with van der Waals surface area (Å²) >= 11 is 0. The molecule has 1 aliphatic heterocycles. The molecule has 78 valence electrons. The van der Waals surface area contributed by atoms with E-state index in [0.717, 1.165) is 0 Å². The quantitative estimate of drug-likeness (QED) is 0.671. The van der Waals surface area contributed by atoms with E-state index in [1.165, 1.54) is 0 Å². The summed E-state index contributed by atoms with van der Waals surface area (Å²) in [7, 11) is 0. The second-order valence-corrected chi connectivity index (χ2v) is 2.66. The molecule has 0 spiro atoms.